The van der Waals surface area contributed by atoms with E-state index in [0.717, 1.165) is 5.56 Å². The number of fused-ring (bicyclic) bond motifs is 1. The first kappa shape index (κ1) is 25.2. The van der Waals surface area contributed by atoms with Gasteiger partial charge >= 0.3 is 5.56 Å². The summed E-state index contributed by atoms with van der Waals surface area (Å²) in [5, 5.41) is 13.7. The number of nitrogens with zero attached hydrogens (tertiary/aromatic N) is 1. The zero-order valence-corrected chi connectivity index (χ0v) is 21.2. The van der Waals surface area contributed by atoms with Crippen LogP contribution >= 0.6 is 0 Å². The van der Waals surface area contributed by atoms with Crippen LogP contribution in [0.15, 0.2) is 70.5 Å². The Labute approximate surface area is 212 Å². The molecule has 36 heavy (non-hydrogen) atoms. The van der Waals surface area contributed by atoms with E-state index in [1.165, 1.54) is 0 Å². The fourth-order valence-electron chi connectivity index (χ4n) is 3.93. The van der Waals surface area contributed by atoms with Crippen LogP contribution in [0.25, 0.3) is 11.0 Å². The molecule has 0 saturated carbocycles. The Morgan fingerprint density at radius 1 is 0.972 bits per heavy atom. The highest BCUT2D eigenvalue weighted by atomic mass is 32.2. The average molecular weight is 509 g/mol. The first-order valence-corrected chi connectivity index (χ1v) is 12.9. The number of aromatic amines is 1. The second-order valence-electron chi connectivity index (χ2n) is 7.90. The Morgan fingerprint density at radius 3 is 2.36 bits per heavy atom. The van der Waals surface area contributed by atoms with Gasteiger partial charge in [0.15, 0.2) is 11.5 Å². The predicted molar refractivity (Wildman–Crippen MR) is 139 cm³/mol. The van der Waals surface area contributed by atoms with Gasteiger partial charge in [-0.05, 0) is 11.8 Å². The summed E-state index contributed by atoms with van der Waals surface area (Å²) in [6.45, 7) is 0.387. The summed E-state index contributed by atoms with van der Waals surface area (Å²) in [5.41, 5.74) is 0.998. The molecule has 1 unspecified atom stereocenters. The molecule has 0 aliphatic rings. The van der Waals surface area contributed by atoms with E-state index in [1.807, 2.05) is 30.3 Å². The normalized spacial score (nSPS) is 11.8. The van der Waals surface area contributed by atoms with Crippen LogP contribution < -0.4 is 29.6 Å². The van der Waals surface area contributed by atoms with Crippen molar-refractivity contribution in [2.45, 2.75) is 17.1 Å². The minimum absolute atomic E-state index is 0.258. The molecule has 0 fully saturated rings. The van der Waals surface area contributed by atoms with Crippen molar-refractivity contribution in [1.29, 1.82) is 0 Å². The van der Waals surface area contributed by atoms with E-state index < -0.39 is 10.9 Å². The summed E-state index contributed by atoms with van der Waals surface area (Å²) in [6, 6.07) is 16.7. The van der Waals surface area contributed by atoms with E-state index in [4.69, 9.17) is 18.9 Å². The molecule has 188 valence electrons. The third-order valence-electron chi connectivity index (χ3n) is 5.61. The molecule has 0 aliphatic carbocycles. The minimum Gasteiger partial charge on any atom is -0.868 e. The van der Waals surface area contributed by atoms with Crippen molar-refractivity contribution in [1.82, 2.24) is 9.97 Å². The standard InChI is InChI=1S/C27H28N2O6S/c1-32-21-15-19(16-22(33-2)24(21)34-3)35-13-8-14-36(17-18-9-5-4-6-10-18)25-23(30)20-11-7-12-28-26(20)29-27(25)31/h4-7,9-12,15-16H,8,13-14,17H2,1-3H3,(H-,28,29,30,31). The number of hydrogen-bond acceptors (Lipinski definition) is 7. The fraction of sp³-hybridized carbons (Fsp3) is 0.259. The first-order chi connectivity index (χ1) is 17.5. The van der Waals surface area contributed by atoms with Crippen molar-refractivity contribution in [3.8, 4) is 28.7 Å². The molecule has 2 aromatic heterocycles. The Balaban J connectivity index is 1.55. The fourth-order valence-corrected chi connectivity index (χ4v) is 6.16. The number of methoxy groups -OCH3 is 3. The quantitative estimate of drug-likeness (QED) is 0.243. The molecular formula is C27H28N2O6S. The average Bonchev–Trinajstić information content (AvgIpc) is 2.90. The molecule has 2 aromatic carbocycles. The van der Waals surface area contributed by atoms with Crippen molar-refractivity contribution < 1.29 is 24.1 Å². The van der Waals surface area contributed by atoms with Crippen molar-refractivity contribution in [2.75, 3.05) is 33.7 Å². The molecular weight excluding hydrogens is 480 g/mol. The number of H-pyrrole nitrogens is 1. The highest BCUT2D eigenvalue weighted by molar-refractivity contribution is 7.96. The summed E-state index contributed by atoms with van der Waals surface area (Å²) in [5.74, 6) is 3.02. The summed E-state index contributed by atoms with van der Waals surface area (Å²) >= 11 is 0. The Kier molecular flexibility index (Phi) is 8.22. The topological polar surface area (TPSA) is 106 Å². The summed E-state index contributed by atoms with van der Waals surface area (Å²) in [7, 11) is 4.02. The summed E-state index contributed by atoms with van der Waals surface area (Å²) in [4.78, 5) is 20.2. The van der Waals surface area contributed by atoms with E-state index >= 15 is 0 Å². The van der Waals surface area contributed by atoms with Gasteiger partial charge < -0.3 is 29.0 Å². The van der Waals surface area contributed by atoms with Gasteiger partial charge in [-0.25, -0.2) is 4.98 Å². The number of benzene rings is 2. The lowest BCUT2D eigenvalue weighted by Gasteiger charge is -2.17. The van der Waals surface area contributed by atoms with Crippen molar-refractivity contribution in [2.24, 2.45) is 0 Å². The van der Waals surface area contributed by atoms with Crippen LogP contribution in [0.4, 0.5) is 0 Å². The van der Waals surface area contributed by atoms with Crippen LogP contribution in [-0.4, -0.2) is 43.7 Å². The van der Waals surface area contributed by atoms with Gasteiger partial charge in [0, 0.05) is 46.6 Å². The minimum atomic E-state index is -0.626. The molecule has 1 atom stereocenters. The first-order valence-electron chi connectivity index (χ1n) is 11.4. The summed E-state index contributed by atoms with van der Waals surface area (Å²) < 4.78 is 22.1. The molecule has 1 N–H and O–H groups in total. The smallest absolute Gasteiger partial charge is 0.304 e. The molecule has 0 amide bonds. The van der Waals surface area contributed by atoms with Crippen LogP contribution in [0.5, 0.6) is 28.7 Å². The molecule has 4 aromatic rings. The van der Waals surface area contributed by atoms with Gasteiger partial charge in [0.2, 0.25) is 10.6 Å². The van der Waals surface area contributed by atoms with Gasteiger partial charge in [-0.1, -0.05) is 36.4 Å². The third kappa shape index (κ3) is 5.52. The number of aromatic nitrogens is 2. The van der Waals surface area contributed by atoms with Crippen molar-refractivity contribution in [3.63, 3.8) is 0 Å². The molecule has 8 nitrogen and oxygen atoms in total. The zero-order valence-electron chi connectivity index (χ0n) is 20.4. The van der Waals surface area contributed by atoms with E-state index in [1.54, 1.807) is 51.8 Å². The van der Waals surface area contributed by atoms with Crippen LogP contribution in [-0.2, 0) is 16.6 Å². The van der Waals surface area contributed by atoms with Crippen LogP contribution in [0.2, 0.25) is 0 Å². The van der Waals surface area contributed by atoms with Gasteiger partial charge in [-0.3, -0.25) is 4.79 Å². The maximum Gasteiger partial charge on any atom is 0.304 e. The van der Waals surface area contributed by atoms with Gasteiger partial charge in [0.25, 0.3) is 0 Å². The predicted octanol–water partition coefficient (Wildman–Crippen LogP) is 3.67. The van der Waals surface area contributed by atoms with Crippen LogP contribution in [0, 0.1) is 0 Å². The van der Waals surface area contributed by atoms with Gasteiger partial charge in [-0.2, -0.15) is 0 Å². The lowest BCUT2D eigenvalue weighted by Crippen LogP contribution is -2.25. The molecule has 9 heteroatoms. The van der Waals surface area contributed by atoms with Crippen molar-refractivity contribution in [3.05, 3.63) is 76.7 Å². The number of nitrogens with one attached hydrogen (secondary N) is 1. The maximum atomic E-state index is 13.3. The van der Waals surface area contributed by atoms with Gasteiger partial charge in [0.05, 0.1) is 27.9 Å². The van der Waals surface area contributed by atoms with Gasteiger partial charge in [0.1, 0.15) is 22.9 Å². The van der Waals surface area contributed by atoms with E-state index in [2.05, 4.69) is 9.97 Å². The number of rotatable bonds is 11. The number of pyridine rings is 2. The summed E-state index contributed by atoms with van der Waals surface area (Å²) in [6.07, 6.45) is 2.19. The van der Waals surface area contributed by atoms with E-state index in [-0.39, 0.29) is 16.2 Å². The Hall–Kier alpha value is -3.85. The molecule has 4 rings (SSSR count). The lowest BCUT2D eigenvalue weighted by molar-refractivity contribution is -0.270. The van der Waals surface area contributed by atoms with Crippen LogP contribution in [0.1, 0.15) is 12.0 Å². The van der Waals surface area contributed by atoms with Crippen LogP contribution in [0.3, 0.4) is 0 Å². The maximum absolute atomic E-state index is 13.3. The molecule has 0 saturated heterocycles. The SMILES string of the molecule is COc1cc(OCCC[S+](Cc2ccccc2)c2c([O-])c3cccnc3[nH]c2=O)cc(OC)c1OC. The second-order valence-corrected chi connectivity index (χ2v) is 9.99. The monoisotopic (exact) mass is 508 g/mol. The molecule has 0 aliphatic heterocycles. The van der Waals surface area contributed by atoms with E-state index in [0.29, 0.717) is 58.6 Å². The third-order valence-corrected chi connectivity index (χ3v) is 8.02. The second kappa shape index (κ2) is 11.7. The van der Waals surface area contributed by atoms with E-state index in [9.17, 15) is 9.90 Å². The Bertz CT molecular complexity index is 1350. The van der Waals surface area contributed by atoms with Crippen molar-refractivity contribution >= 4 is 21.9 Å². The largest absolute Gasteiger partial charge is 0.868 e. The molecule has 0 radical (unpaired) electrons. The molecule has 2 heterocycles. The van der Waals surface area contributed by atoms with Gasteiger partial charge in [-0.15, -0.1) is 0 Å². The zero-order chi connectivity index (χ0) is 25.5. The highest BCUT2D eigenvalue weighted by Gasteiger charge is 2.28. The molecule has 0 spiro atoms. The number of hydrogen-bond donors (Lipinski definition) is 1. The Morgan fingerprint density at radius 2 is 1.69 bits per heavy atom. The lowest BCUT2D eigenvalue weighted by atomic mass is 10.2. The highest BCUT2D eigenvalue weighted by Crippen LogP contribution is 2.40. The molecule has 0 bridgehead atoms. The number of ether oxygens (including phenoxy) is 4.